The van der Waals surface area contributed by atoms with Gasteiger partial charge in [0.1, 0.15) is 23.4 Å². The van der Waals surface area contributed by atoms with E-state index in [0.29, 0.717) is 11.4 Å². The summed E-state index contributed by atoms with van der Waals surface area (Å²) in [5, 5.41) is 2.68. The van der Waals surface area contributed by atoms with Crippen molar-refractivity contribution in [2.75, 3.05) is 10.2 Å². The van der Waals surface area contributed by atoms with Gasteiger partial charge in [-0.25, -0.2) is 13.8 Å². The van der Waals surface area contributed by atoms with E-state index < -0.39 is 29.5 Å². The van der Waals surface area contributed by atoms with Gasteiger partial charge in [0.25, 0.3) is 11.8 Å². The summed E-state index contributed by atoms with van der Waals surface area (Å²) in [5.74, 6) is -2.45. The second-order valence-electron chi connectivity index (χ2n) is 7.95. The fourth-order valence-electron chi connectivity index (χ4n) is 3.63. The monoisotopic (exact) mass is 472 g/mol. The molecule has 0 saturated heterocycles. The van der Waals surface area contributed by atoms with Crippen LogP contribution in [0.15, 0.2) is 85.3 Å². The molecule has 0 aliphatic heterocycles. The van der Waals surface area contributed by atoms with E-state index in [9.17, 15) is 14.0 Å². The number of aromatic nitrogens is 2. The number of benzene rings is 3. The highest BCUT2D eigenvalue weighted by molar-refractivity contribution is 6.11. The first-order chi connectivity index (χ1) is 16.8. The average molecular weight is 472 g/mol. The van der Waals surface area contributed by atoms with Crippen LogP contribution in [-0.2, 0) is 4.79 Å². The number of halogens is 2. The number of carbonyl (C=O) groups is 2. The largest absolute Gasteiger partial charge is 0.324 e. The fraction of sp³-hybridized carbons (Fsp3) is 0.111. The zero-order valence-corrected chi connectivity index (χ0v) is 19.1. The molecule has 6 nitrogen and oxygen atoms in total. The molecule has 0 radical (unpaired) electrons. The third kappa shape index (κ3) is 5.22. The highest BCUT2D eigenvalue weighted by atomic mass is 19.1. The van der Waals surface area contributed by atoms with Gasteiger partial charge >= 0.3 is 0 Å². The van der Waals surface area contributed by atoms with Crippen molar-refractivity contribution in [3.63, 3.8) is 0 Å². The molecule has 2 amide bonds. The third-order valence-corrected chi connectivity index (χ3v) is 5.59. The zero-order valence-electron chi connectivity index (χ0n) is 19.1. The molecule has 0 aliphatic carbocycles. The minimum atomic E-state index is -1.40. The van der Waals surface area contributed by atoms with E-state index in [1.807, 2.05) is 19.9 Å². The minimum Gasteiger partial charge on any atom is -0.324 e. The van der Waals surface area contributed by atoms with E-state index in [1.165, 1.54) is 66.0 Å². The number of rotatable bonds is 6. The van der Waals surface area contributed by atoms with Crippen molar-refractivity contribution in [1.29, 1.82) is 0 Å². The Morgan fingerprint density at radius 1 is 0.914 bits per heavy atom. The van der Waals surface area contributed by atoms with Crippen molar-refractivity contribution in [3.05, 3.63) is 119 Å². The Labute approximate surface area is 201 Å². The van der Waals surface area contributed by atoms with Crippen LogP contribution in [0, 0.1) is 25.5 Å². The molecule has 0 spiro atoms. The molecule has 4 aromatic rings. The Balaban J connectivity index is 1.88. The summed E-state index contributed by atoms with van der Waals surface area (Å²) in [6.45, 7) is 3.80. The van der Waals surface area contributed by atoms with E-state index in [0.717, 1.165) is 11.1 Å². The van der Waals surface area contributed by atoms with Crippen molar-refractivity contribution >= 4 is 23.2 Å². The van der Waals surface area contributed by atoms with E-state index in [-0.39, 0.29) is 11.3 Å². The topological polar surface area (TPSA) is 75.2 Å². The molecule has 4 rings (SSSR count). The Kier molecular flexibility index (Phi) is 6.91. The summed E-state index contributed by atoms with van der Waals surface area (Å²) in [6.07, 6.45) is 4.07. The number of hydrogen-bond donors (Lipinski definition) is 1. The quantitative estimate of drug-likeness (QED) is 0.408. The van der Waals surface area contributed by atoms with Crippen LogP contribution >= 0.6 is 0 Å². The zero-order chi connectivity index (χ0) is 24.9. The predicted molar refractivity (Wildman–Crippen MR) is 129 cm³/mol. The van der Waals surface area contributed by atoms with Crippen LogP contribution in [0.25, 0.3) is 0 Å². The first-order valence-electron chi connectivity index (χ1n) is 10.8. The number of nitrogens with one attached hydrogen (secondary N) is 1. The van der Waals surface area contributed by atoms with Crippen molar-refractivity contribution in [2.24, 2.45) is 0 Å². The summed E-state index contributed by atoms with van der Waals surface area (Å²) >= 11 is 0. The van der Waals surface area contributed by atoms with Gasteiger partial charge in [-0.3, -0.25) is 19.5 Å². The molecule has 1 aromatic heterocycles. The Hall–Kier alpha value is -4.46. The van der Waals surface area contributed by atoms with Crippen LogP contribution in [0.5, 0.6) is 0 Å². The van der Waals surface area contributed by atoms with Crippen LogP contribution < -0.4 is 10.2 Å². The molecule has 1 unspecified atom stereocenters. The molecule has 1 heterocycles. The molecule has 0 saturated carbocycles. The number of aryl methyl sites for hydroxylation is 2. The van der Waals surface area contributed by atoms with Crippen LogP contribution in [0.1, 0.15) is 33.2 Å². The smallest absolute Gasteiger partial charge is 0.279 e. The fourth-order valence-corrected chi connectivity index (χ4v) is 3.63. The first-order valence-corrected chi connectivity index (χ1v) is 10.8. The van der Waals surface area contributed by atoms with E-state index in [2.05, 4.69) is 15.3 Å². The maximum absolute atomic E-state index is 15.1. The lowest BCUT2D eigenvalue weighted by Gasteiger charge is -2.31. The van der Waals surface area contributed by atoms with Gasteiger partial charge in [0.2, 0.25) is 0 Å². The Bertz CT molecular complexity index is 1360. The average Bonchev–Trinajstić information content (AvgIpc) is 2.86. The number of hydrogen-bond acceptors (Lipinski definition) is 4. The maximum atomic E-state index is 15.1. The van der Waals surface area contributed by atoms with E-state index in [1.54, 1.807) is 18.2 Å². The van der Waals surface area contributed by atoms with E-state index >= 15 is 4.39 Å². The lowest BCUT2D eigenvalue weighted by molar-refractivity contribution is -0.117. The third-order valence-electron chi connectivity index (χ3n) is 5.59. The lowest BCUT2D eigenvalue weighted by atomic mass is 10.0. The molecular weight excluding hydrogens is 450 g/mol. The highest BCUT2D eigenvalue weighted by Crippen LogP contribution is 2.33. The number of amides is 2. The normalized spacial score (nSPS) is 11.5. The number of nitrogens with zero attached hydrogens (tertiary/aromatic N) is 3. The number of anilines is 2. The summed E-state index contributed by atoms with van der Waals surface area (Å²) in [6, 6.07) is 14.8. The van der Waals surface area contributed by atoms with Gasteiger partial charge in [-0.05, 0) is 67.4 Å². The number of carbonyl (C=O) groups excluding carboxylic acids is 2. The summed E-state index contributed by atoms with van der Waals surface area (Å²) in [4.78, 5) is 36.7. The van der Waals surface area contributed by atoms with E-state index in [4.69, 9.17) is 0 Å². The molecule has 0 bridgehead atoms. The van der Waals surface area contributed by atoms with Crippen molar-refractivity contribution in [1.82, 2.24) is 9.97 Å². The van der Waals surface area contributed by atoms with Crippen molar-refractivity contribution in [3.8, 4) is 0 Å². The second kappa shape index (κ2) is 10.2. The summed E-state index contributed by atoms with van der Waals surface area (Å²) in [7, 11) is 0. The Morgan fingerprint density at radius 3 is 2.31 bits per heavy atom. The van der Waals surface area contributed by atoms with Gasteiger partial charge < -0.3 is 5.32 Å². The van der Waals surface area contributed by atoms with Gasteiger partial charge in [-0.2, -0.15) is 0 Å². The van der Waals surface area contributed by atoms with Crippen LogP contribution in [0.4, 0.5) is 20.2 Å². The second-order valence-corrected chi connectivity index (χ2v) is 7.95. The van der Waals surface area contributed by atoms with Gasteiger partial charge in [0.15, 0.2) is 0 Å². The molecule has 35 heavy (non-hydrogen) atoms. The summed E-state index contributed by atoms with van der Waals surface area (Å²) < 4.78 is 28.5. The molecule has 1 atom stereocenters. The first kappa shape index (κ1) is 23.7. The molecule has 0 aliphatic rings. The molecule has 176 valence electrons. The highest BCUT2D eigenvalue weighted by Gasteiger charge is 2.36. The van der Waals surface area contributed by atoms with Crippen molar-refractivity contribution < 1.29 is 18.4 Å². The van der Waals surface area contributed by atoms with Crippen LogP contribution in [0.2, 0.25) is 0 Å². The maximum Gasteiger partial charge on any atom is 0.279 e. The van der Waals surface area contributed by atoms with Gasteiger partial charge in [-0.1, -0.05) is 24.3 Å². The molecule has 3 aromatic carbocycles. The molecular formula is C27H22F2N4O2. The van der Waals surface area contributed by atoms with Gasteiger partial charge in [0, 0.05) is 29.3 Å². The Morgan fingerprint density at radius 2 is 1.66 bits per heavy atom. The predicted octanol–water partition coefficient (Wildman–Crippen LogP) is 5.40. The molecule has 8 heteroatoms. The van der Waals surface area contributed by atoms with Crippen LogP contribution in [-0.4, -0.2) is 21.8 Å². The lowest BCUT2D eigenvalue weighted by Crippen LogP contribution is -2.42. The SMILES string of the molecule is Cc1ccc(N(C(=O)c2cnccn2)C(C(=O)Nc2ccc(F)cc2)c2ccccc2F)cc1C. The summed E-state index contributed by atoms with van der Waals surface area (Å²) in [5.41, 5.74) is 2.52. The van der Waals surface area contributed by atoms with Gasteiger partial charge in [0.05, 0.1) is 6.20 Å². The molecule has 0 fully saturated rings. The minimum absolute atomic E-state index is 0.0115. The van der Waals surface area contributed by atoms with Crippen molar-refractivity contribution in [2.45, 2.75) is 19.9 Å². The molecule has 1 N–H and O–H groups in total. The van der Waals surface area contributed by atoms with Gasteiger partial charge in [-0.15, -0.1) is 0 Å². The van der Waals surface area contributed by atoms with Crippen LogP contribution in [0.3, 0.4) is 0 Å². The standard InChI is InChI=1S/C27H22F2N4O2/c1-17-7-12-21(15-18(17)2)33(27(35)24-16-30-13-14-31-24)25(22-5-3-4-6-23(22)29)26(34)32-20-10-8-19(28)9-11-20/h3-16,25H,1-2H3,(H,32,34).